The lowest BCUT2D eigenvalue weighted by atomic mass is 10.1. The summed E-state index contributed by atoms with van der Waals surface area (Å²) in [6, 6.07) is 17.4. The van der Waals surface area contributed by atoms with E-state index in [1.165, 1.54) is 18.5 Å². The number of anilines is 2. The van der Waals surface area contributed by atoms with E-state index in [0.29, 0.717) is 23.2 Å². The summed E-state index contributed by atoms with van der Waals surface area (Å²) in [6.07, 6.45) is 3.19. The summed E-state index contributed by atoms with van der Waals surface area (Å²) in [5, 5.41) is 8.66. The number of aromatic nitrogens is 2. The van der Waals surface area contributed by atoms with E-state index in [-0.39, 0.29) is 12.4 Å². The van der Waals surface area contributed by atoms with E-state index >= 15 is 0 Å². The van der Waals surface area contributed by atoms with Gasteiger partial charge in [-0.25, -0.2) is 14.4 Å². The first-order valence-electron chi connectivity index (χ1n) is 12.1. The molecule has 0 radical (unpaired) electrons. The number of hydrogen-bond acceptors (Lipinski definition) is 7. The van der Waals surface area contributed by atoms with Crippen LogP contribution < -0.4 is 10.1 Å². The number of nitrogens with one attached hydrogen (secondary N) is 1. The Hall–Kier alpha value is -3.75. The molecule has 0 aliphatic heterocycles. The van der Waals surface area contributed by atoms with Gasteiger partial charge in [0.1, 0.15) is 36.9 Å². The molecular formula is C28H29ClFN5O2. The van der Waals surface area contributed by atoms with E-state index in [1.54, 1.807) is 30.5 Å². The van der Waals surface area contributed by atoms with Crippen LogP contribution in [-0.2, 0) is 11.4 Å². The molecule has 0 aliphatic rings. The van der Waals surface area contributed by atoms with E-state index in [1.807, 2.05) is 24.3 Å². The largest absolute Gasteiger partial charge is 0.487 e. The third kappa shape index (κ3) is 7.38. The van der Waals surface area contributed by atoms with Crippen LogP contribution in [0.5, 0.6) is 5.75 Å². The number of oxime groups is 1. The Morgan fingerprint density at radius 1 is 1.05 bits per heavy atom. The third-order valence-electron chi connectivity index (χ3n) is 5.81. The van der Waals surface area contributed by atoms with Crippen molar-refractivity contribution in [2.75, 3.05) is 31.6 Å². The number of likely N-dealkylation sites (N-methyl/N-ethyl adjacent to an activating group) is 1. The number of fused-ring (bicyclic) bond motifs is 1. The molecule has 0 fully saturated rings. The number of benzene rings is 3. The van der Waals surface area contributed by atoms with Gasteiger partial charge in [0.25, 0.3) is 0 Å². The molecule has 1 heterocycles. The number of nitrogens with zero attached hydrogens (tertiary/aromatic N) is 4. The summed E-state index contributed by atoms with van der Waals surface area (Å²) in [5.74, 6) is 0.830. The van der Waals surface area contributed by atoms with Gasteiger partial charge in [0, 0.05) is 17.6 Å². The predicted molar refractivity (Wildman–Crippen MR) is 146 cm³/mol. The SMILES string of the molecule is CCN(CC)CCO/N=C/c1ccc2ncnc(Nc3ccc(OCc4cccc(F)c4)c(Cl)c3)c2c1. The van der Waals surface area contributed by atoms with Crippen LogP contribution in [0.15, 0.2) is 72.1 Å². The fraction of sp³-hybridized carbons (Fsp3) is 0.250. The van der Waals surface area contributed by atoms with Crippen molar-refractivity contribution in [3.63, 3.8) is 0 Å². The van der Waals surface area contributed by atoms with E-state index in [0.717, 1.165) is 47.4 Å². The molecular weight excluding hydrogens is 493 g/mol. The molecule has 3 aromatic carbocycles. The maximum atomic E-state index is 13.4. The maximum absolute atomic E-state index is 13.4. The second-order valence-corrected chi connectivity index (χ2v) is 8.69. The van der Waals surface area contributed by atoms with Gasteiger partial charge in [0.2, 0.25) is 0 Å². The molecule has 0 atom stereocenters. The van der Waals surface area contributed by atoms with Crippen molar-refractivity contribution in [2.45, 2.75) is 20.5 Å². The highest BCUT2D eigenvalue weighted by atomic mass is 35.5. The normalized spacial score (nSPS) is 11.4. The maximum Gasteiger partial charge on any atom is 0.141 e. The highest BCUT2D eigenvalue weighted by Crippen LogP contribution is 2.31. The lowest BCUT2D eigenvalue weighted by molar-refractivity contribution is 0.115. The molecule has 0 spiro atoms. The van der Waals surface area contributed by atoms with Gasteiger partial charge in [0.15, 0.2) is 0 Å². The lowest BCUT2D eigenvalue weighted by Crippen LogP contribution is -2.26. The lowest BCUT2D eigenvalue weighted by Gasteiger charge is -2.16. The standard InChI is InChI=1S/C28H29ClFN5O2/c1-3-35(4-2)12-13-37-33-17-20-8-10-26-24(15-20)28(32-19-31-26)34-23-9-11-27(25(29)16-23)36-18-21-6-5-7-22(30)14-21/h5-11,14-17,19H,3-4,12-13,18H2,1-2H3,(H,31,32,34)/b33-17+. The van der Waals surface area contributed by atoms with Gasteiger partial charge in [-0.3, -0.25) is 0 Å². The molecule has 1 aromatic heterocycles. The highest BCUT2D eigenvalue weighted by molar-refractivity contribution is 6.32. The van der Waals surface area contributed by atoms with E-state index < -0.39 is 0 Å². The smallest absolute Gasteiger partial charge is 0.141 e. The number of rotatable bonds is 12. The Morgan fingerprint density at radius 2 is 1.92 bits per heavy atom. The third-order valence-corrected chi connectivity index (χ3v) is 6.10. The zero-order chi connectivity index (χ0) is 26.0. The molecule has 9 heteroatoms. The van der Waals surface area contributed by atoms with Crippen molar-refractivity contribution in [1.29, 1.82) is 0 Å². The first kappa shape index (κ1) is 26.3. The summed E-state index contributed by atoms with van der Waals surface area (Å²) in [7, 11) is 0. The summed E-state index contributed by atoms with van der Waals surface area (Å²) in [4.78, 5) is 16.5. The number of hydrogen-bond donors (Lipinski definition) is 1. The van der Waals surface area contributed by atoms with Gasteiger partial charge in [-0.15, -0.1) is 0 Å². The molecule has 7 nitrogen and oxygen atoms in total. The van der Waals surface area contributed by atoms with Crippen LogP contribution in [0.1, 0.15) is 25.0 Å². The van der Waals surface area contributed by atoms with Gasteiger partial charge >= 0.3 is 0 Å². The van der Waals surface area contributed by atoms with Gasteiger partial charge in [-0.1, -0.05) is 48.8 Å². The minimum atomic E-state index is -0.305. The van der Waals surface area contributed by atoms with Crippen LogP contribution in [0.25, 0.3) is 10.9 Å². The first-order valence-corrected chi connectivity index (χ1v) is 12.5. The van der Waals surface area contributed by atoms with Gasteiger partial charge in [0.05, 0.1) is 16.8 Å². The van der Waals surface area contributed by atoms with Gasteiger partial charge < -0.3 is 19.8 Å². The molecule has 0 saturated heterocycles. The topological polar surface area (TPSA) is 71.9 Å². The summed E-state index contributed by atoms with van der Waals surface area (Å²) >= 11 is 6.45. The molecule has 0 saturated carbocycles. The van der Waals surface area contributed by atoms with Crippen molar-refractivity contribution >= 4 is 40.2 Å². The minimum Gasteiger partial charge on any atom is -0.487 e. The van der Waals surface area contributed by atoms with E-state index in [9.17, 15) is 4.39 Å². The fourth-order valence-electron chi connectivity index (χ4n) is 3.73. The summed E-state index contributed by atoms with van der Waals surface area (Å²) in [5.41, 5.74) is 3.12. The second-order valence-electron chi connectivity index (χ2n) is 8.28. The van der Waals surface area contributed by atoms with Crippen LogP contribution in [0.2, 0.25) is 5.02 Å². The number of ether oxygens (including phenoxy) is 1. The predicted octanol–water partition coefficient (Wildman–Crippen LogP) is 6.44. The van der Waals surface area contributed by atoms with Crippen molar-refractivity contribution in [2.24, 2.45) is 5.16 Å². The molecule has 0 amide bonds. The van der Waals surface area contributed by atoms with Crippen molar-refractivity contribution in [3.05, 3.63) is 89.0 Å². The molecule has 0 unspecified atom stereocenters. The highest BCUT2D eigenvalue weighted by Gasteiger charge is 2.09. The van der Waals surface area contributed by atoms with Crippen molar-refractivity contribution in [1.82, 2.24) is 14.9 Å². The molecule has 4 rings (SSSR count). The van der Waals surface area contributed by atoms with Gasteiger partial charge in [-0.05, 0) is 66.7 Å². The Bertz CT molecular complexity index is 1360. The Kier molecular flexibility index (Phi) is 9.24. The Morgan fingerprint density at radius 3 is 2.70 bits per heavy atom. The van der Waals surface area contributed by atoms with Crippen LogP contribution in [0, 0.1) is 5.82 Å². The summed E-state index contributed by atoms with van der Waals surface area (Å²) < 4.78 is 19.2. The van der Waals surface area contributed by atoms with Crippen molar-refractivity contribution in [3.8, 4) is 5.75 Å². The summed E-state index contributed by atoms with van der Waals surface area (Å²) in [6.45, 7) is 7.80. The van der Waals surface area contributed by atoms with Crippen LogP contribution in [0.3, 0.4) is 0 Å². The number of halogens is 2. The van der Waals surface area contributed by atoms with E-state index in [4.69, 9.17) is 21.2 Å². The fourth-order valence-corrected chi connectivity index (χ4v) is 3.97. The van der Waals surface area contributed by atoms with Crippen molar-refractivity contribution < 1.29 is 14.0 Å². The van der Waals surface area contributed by atoms with Crippen LogP contribution in [0.4, 0.5) is 15.9 Å². The first-order chi connectivity index (χ1) is 18.1. The van der Waals surface area contributed by atoms with Gasteiger partial charge in [-0.2, -0.15) is 0 Å². The average molecular weight is 522 g/mol. The second kappa shape index (κ2) is 13.0. The molecule has 192 valence electrons. The monoisotopic (exact) mass is 521 g/mol. The van der Waals surface area contributed by atoms with Crippen LogP contribution in [-0.4, -0.2) is 47.3 Å². The Labute approximate surface area is 220 Å². The quantitative estimate of drug-likeness (QED) is 0.131. The minimum absolute atomic E-state index is 0.213. The molecule has 1 N–H and O–H groups in total. The molecule has 37 heavy (non-hydrogen) atoms. The molecule has 0 bridgehead atoms. The molecule has 0 aliphatic carbocycles. The van der Waals surface area contributed by atoms with Crippen LogP contribution >= 0.6 is 11.6 Å². The van der Waals surface area contributed by atoms with E-state index in [2.05, 4.69) is 39.2 Å². The zero-order valence-electron chi connectivity index (χ0n) is 20.8. The molecule has 4 aromatic rings. The average Bonchev–Trinajstić information content (AvgIpc) is 2.90. The zero-order valence-corrected chi connectivity index (χ0v) is 21.6. The Balaban J connectivity index is 1.43.